The second kappa shape index (κ2) is 10.7. The summed E-state index contributed by atoms with van der Waals surface area (Å²) in [7, 11) is 1.30. The first-order valence-corrected chi connectivity index (χ1v) is 12.4. The van der Waals surface area contributed by atoms with Gasteiger partial charge in [-0.3, -0.25) is 14.5 Å². The maximum atomic E-state index is 13.3. The smallest absolute Gasteiger partial charge is 0.340 e. The Balaban J connectivity index is 1.56. The molecule has 0 aliphatic carbocycles. The molecule has 1 aliphatic rings. The summed E-state index contributed by atoms with van der Waals surface area (Å²) in [6, 6.07) is 20.3. The van der Waals surface area contributed by atoms with Crippen molar-refractivity contribution in [3.8, 4) is 0 Å². The highest BCUT2D eigenvalue weighted by molar-refractivity contribution is 8.16. The fourth-order valence-electron chi connectivity index (χ4n) is 3.42. The van der Waals surface area contributed by atoms with E-state index in [1.54, 1.807) is 11.0 Å². The van der Waals surface area contributed by atoms with Crippen molar-refractivity contribution in [2.75, 3.05) is 17.3 Å². The van der Waals surface area contributed by atoms with Gasteiger partial charge in [0.2, 0.25) is 11.8 Å². The predicted molar refractivity (Wildman–Crippen MR) is 137 cm³/mol. The number of rotatable bonds is 7. The second-order valence-corrected chi connectivity index (χ2v) is 9.71. The lowest BCUT2D eigenvalue weighted by atomic mass is 10.2. The van der Waals surface area contributed by atoms with Gasteiger partial charge >= 0.3 is 5.97 Å². The Morgan fingerprint density at radius 3 is 2.41 bits per heavy atom. The number of carbonyl (C=O) groups excluding carboxylic acids is 3. The maximum Gasteiger partial charge on any atom is 0.340 e. The average Bonchev–Trinajstić information content (AvgIpc) is 3.40. The van der Waals surface area contributed by atoms with Crippen molar-refractivity contribution in [2.24, 2.45) is 4.99 Å². The number of methoxy groups -OCH3 is 1. The molecule has 4 rings (SSSR count). The molecule has 1 saturated heterocycles. The third-order valence-corrected chi connectivity index (χ3v) is 7.42. The van der Waals surface area contributed by atoms with Gasteiger partial charge in [-0.15, -0.1) is 11.3 Å². The van der Waals surface area contributed by atoms with Gasteiger partial charge in [-0.25, -0.2) is 9.79 Å². The molecule has 0 bridgehead atoms. The fraction of sp³-hybridized carbons (Fsp3) is 0.200. The highest BCUT2D eigenvalue weighted by Crippen LogP contribution is 2.36. The van der Waals surface area contributed by atoms with Crippen LogP contribution in [-0.4, -0.2) is 35.3 Å². The van der Waals surface area contributed by atoms with Crippen LogP contribution in [0.5, 0.6) is 0 Å². The van der Waals surface area contributed by atoms with E-state index in [0.717, 1.165) is 17.0 Å². The SMILES string of the molecule is CCc1cc(C(=O)OC)c(NC(=O)C[C@H]2SC(=Nc3ccccc3)N(c3ccccc3)C2=O)s1. The summed E-state index contributed by atoms with van der Waals surface area (Å²) >= 11 is 2.59. The van der Waals surface area contributed by atoms with Crippen molar-refractivity contribution in [1.29, 1.82) is 0 Å². The standard InChI is InChI=1S/C25H23N3O4S2/c1-3-18-14-19(24(31)32-2)22(33-18)27-21(29)15-20-23(30)28(17-12-8-5-9-13-17)25(34-20)26-16-10-6-4-7-11-16/h4-14,20H,3,15H2,1-2H3,(H,27,29)/t20-/m1/s1. The first kappa shape index (κ1) is 23.7. The highest BCUT2D eigenvalue weighted by atomic mass is 32.2. The number of benzene rings is 2. The van der Waals surface area contributed by atoms with Crippen molar-refractivity contribution < 1.29 is 19.1 Å². The van der Waals surface area contributed by atoms with Crippen molar-refractivity contribution in [3.05, 3.63) is 77.2 Å². The molecule has 0 saturated carbocycles. The molecule has 3 aromatic rings. The van der Waals surface area contributed by atoms with Crippen LogP contribution in [0.1, 0.15) is 28.6 Å². The van der Waals surface area contributed by atoms with E-state index in [-0.39, 0.29) is 18.2 Å². The molecule has 7 nitrogen and oxygen atoms in total. The molecule has 0 radical (unpaired) electrons. The number of aryl methyl sites for hydroxylation is 1. The molecule has 9 heteroatoms. The Hall–Kier alpha value is -3.43. The monoisotopic (exact) mass is 493 g/mol. The first-order valence-electron chi connectivity index (χ1n) is 10.7. The number of amides is 2. The minimum atomic E-state index is -0.644. The normalized spacial score (nSPS) is 16.6. The Morgan fingerprint density at radius 2 is 1.76 bits per heavy atom. The van der Waals surface area contributed by atoms with E-state index in [9.17, 15) is 14.4 Å². The van der Waals surface area contributed by atoms with Crippen molar-refractivity contribution in [2.45, 2.75) is 25.0 Å². The molecule has 174 valence electrons. The van der Waals surface area contributed by atoms with Crippen LogP contribution in [0.25, 0.3) is 0 Å². The van der Waals surface area contributed by atoms with Gasteiger partial charge in [0.1, 0.15) is 10.3 Å². The molecular weight excluding hydrogens is 470 g/mol. The topological polar surface area (TPSA) is 88.1 Å². The number of carbonyl (C=O) groups is 3. The molecule has 34 heavy (non-hydrogen) atoms. The third-order valence-electron chi connectivity index (χ3n) is 5.09. The first-order chi connectivity index (χ1) is 16.5. The molecule has 1 atom stereocenters. The summed E-state index contributed by atoms with van der Waals surface area (Å²) in [6.45, 7) is 1.97. The largest absolute Gasteiger partial charge is 0.465 e. The van der Waals surface area contributed by atoms with Gasteiger partial charge in [0, 0.05) is 11.3 Å². The van der Waals surface area contributed by atoms with Gasteiger partial charge in [0.05, 0.1) is 24.0 Å². The summed E-state index contributed by atoms with van der Waals surface area (Å²) in [6.07, 6.45) is 0.674. The number of anilines is 2. The molecule has 2 heterocycles. The lowest BCUT2D eigenvalue weighted by molar-refractivity contribution is -0.121. The van der Waals surface area contributed by atoms with Crippen LogP contribution in [0.15, 0.2) is 71.7 Å². The summed E-state index contributed by atoms with van der Waals surface area (Å²) in [5.41, 5.74) is 1.73. The number of para-hydroxylation sites is 2. The number of esters is 1. The van der Waals surface area contributed by atoms with Crippen LogP contribution in [0, 0.1) is 0 Å². The number of hydrogen-bond acceptors (Lipinski definition) is 7. The van der Waals surface area contributed by atoms with Gasteiger partial charge in [-0.2, -0.15) is 0 Å². The van der Waals surface area contributed by atoms with E-state index in [1.807, 2.05) is 67.6 Å². The van der Waals surface area contributed by atoms with E-state index in [2.05, 4.69) is 10.3 Å². The average molecular weight is 494 g/mol. The lowest BCUT2D eigenvalue weighted by Gasteiger charge is -2.16. The Morgan fingerprint density at radius 1 is 1.09 bits per heavy atom. The minimum Gasteiger partial charge on any atom is -0.465 e. The molecule has 1 aromatic heterocycles. The number of amidine groups is 1. The highest BCUT2D eigenvalue weighted by Gasteiger charge is 2.40. The van der Waals surface area contributed by atoms with Crippen LogP contribution in [0.4, 0.5) is 16.4 Å². The van der Waals surface area contributed by atoms with E-state index < -0.39 is 11.2 Å². The van der Waals surface area contributed by atoms with Gasteiger partial charge in [0.25, 0.3) is 0 Å². The molecule has 1 N–H and O–H groups in total. The summed E-state index contributed by atoms with van der Waals surface area (Å²) < 4.78 is 4.84. The number of aliphatic imine (C=N–C) groups is 1. The quantitative estimate of drug-likeness (QED) is 0.454. The van der Waals surface area contributed by atoms with E-state index in [0.29, 0.717) is 21.4 Å². The Bertz CT molecular complexity index is 1230. The number of hydrogen-bond donors (Lipinski definition) is 1. The van der Waals surface area contributed by atoms with Gasteiger partial charge < -0.3 is 10.1 Å². The number of thioether (sulfide) groups is 1. The predicted octanol–water partition coefficient (Wildman–Crippen LogP) is 5.26. The van der Waals surface area contributed by atoms with E-state index in [1.165, 1.54) is 30.2 Å². The third kappa shape index (κ3) is 5.21. The van der Waals surface area contributed by atoms with Crippen molar-refractivity contribution in [1.82, 2.24) is 0 Å². The molecule has 2 amide bonds. The number of thiophene rings is 1. The van der Waals surface area contributed by atoms with E-state index >= 15 is 0 Å². The van der Waals surface area contributed by atoms with Gasteiger partial charge in [-0.05, 0) is 36.8 Å². The number of nitrogens with zero attached hydrogens (tertiary/aromatic N) is 2. The lowest BCUT2D eigenvalue weighted by Crippen LogP contribution is -2.33. The maximum absolute atomic E-state index is 13.3. The molecular formula is C25H23N3O4S2. The second-order valence-electron chi connectivity index (χ2n) is 7.40. The zero-order valence-electron chi connectivity index (χ0n) is 18.7. The molecule has 1 aliphatic heterocycles. The molecule has 0 spiro atoms. The van der Waals surface area contributed by atoms with E-state index in [4.69, 9.17) is 4.74 Å². The summed E-state index contributed by atoms with van der Waals surface area (Å²) in [4.78, 5) is 45.5. The Kier molecular flexibility index (Phi) is 7.44. The number of ether oxygens (including phenoxy) is 1. The zero-order chi connectivity index (χ0) is 24.1. The van der Waals surface area contributed by atoms with Crippen molar-refractivity contribution in [3.63, 3.8) is 0 Å². The van der Waals surface area contributed by atoms with Gasteiger partial charge in [0.15, 0.2) is 5.17 Å². The molecule has 2 aromatic carbocycles. The molecule has 1 fully saturated rings. The number of nitrogens with one attached hydrogen (secondary N) is 1. The van der Waals surface area contributed by atoms with Crippen LogP contribution >= 0.6 is 23.1 Å². The van der Waals surface area contributed by atoms with Crippen molar-refractivity contribution >= 4 is 62.4 Å². The fourth-order valence-corrected chi connectivity index (χ4v) is 5.57. The van der Waals surface area contributed by atoms with Crippen LogP contribution in [-0.2, 0) is 20.7 Å². The van der Waals surface area contributed by atoms with Crippen LogP contribution < -0.4 is 10.2 Å². The summed E-state index contributed by atoms with van der Waals surface area (Å²) in [5.74, 6) is -1.07. The molecule has 0 unspecified atom stereocenters. The zero-order valence-corrected chi connectivity index (χ0v) is 20.3. The summed E-state index contributed by atoms with van der Waals surface area (Å²) in [5, 5.41) is 3.10. The Labute approximate surface area is 205 Å². The van der Waals surface area contributed by atoms with Crippen LogP contribution in [0.2, 0.25) is 0 Å². The minimum absolute atomic E-state index is 0.0549. The van der Waals surface area contributed by atoms with Crippen LogP contribution in [0.3, 0.4) is 0 Å². The van der Waals surface area contributed by atoms with Gasteiger partial charge in [-0.1, -0.05) is 55.1 Å².